The Morgan fingerprint density at radius 1 is 1.39 bits per heavy atom. The lowest BCUT2D eigenvalue weighted by Gasteiger charge is -2.31. The molecular weight excluding hydrogens is 244 g/mol. The lowest BCUT2D eigenvalue weighted by atomic mass is 9.85. The molecule has 1 N–H and O–H groups in total. The van der Waals surface area contributed by atoms with E-state index in [1.165, 1.54) is 25.8 Å². The van der Waals surface area contributed by atoms with Crippen LogP contribution in [0.4, 0.5) is 5.69 Å². The van der Waals surface area contributed by atoms with Gasteiger partial charge in [0.15, 0.2) is 0 Å². The fourth-order valence-electron chi connectivity index (χ4n) is 2.38. The summed E-state index contributed by atoms with van der Waals surface area (Å²) in [6.45, 7) is 6.76. The number of benzene rings is 1. The van der Waals surface area contributed by atoms with Crippen molar-refractivity contribution in [2.24, 2.45) is 5.92 Å². The second kappa shape index (κ2) is 7.01. The average Bonchev–Trinajstić information content (AvgIpc) is 2.31. The fourth-order valence-corrected chi connectivity index (χ4v) is 2.57. The first-order valence-electron chi connectivity index (χ1n) is 6.99. The maximum atomic E-state index is 5.96. The molecule has 0 atom stereocenters. The van der Waals surface area contributed by atoms with E-state index in [9.17, 15) is 0 Å². The molecule has 0 bridgehead atoms. The van der Waals surface area contributed by atoms with Crippen LogP contribution in [0.15, 0.2) is 24.3 Å². The number of hydrogen-bond acceptors (Lipinski definition) is 2. The predicted octanol–water partition coefficient (Wildman–Crippen LogP) is 3.87. The molecule has 0 saturated heterocycles. The van der Waals surface area contributed by atoms with Crippen LogP contribution in [-0.4, -0.2) is 31.1 Å². The molecule has 2 rings (SSSR count). The highest BCUT2D eigenvalue weighted by Gasteiger charge is 2.19. The Labute approximate surface area is 115 Å². The second-order valence-electron chi connectivity index (χ2n) is 5.13. The Balaban J connectivity index is 1.69. The highest BCUT2D eigenvalue weighted by Crippen LogP contribution is 2.26. The molecule has 1 aromatic carbocycles. The van der Waals surface area contributed by atoms with E-state index < -0.39 is 0 Å². The molecule has 0 aliphatic heterocycles. The molecule has 1 saturated carbocycles. The summed E-state index contributed by atoms with van der Waals surface area (Å²) < 4.78 is 0. The largest absolute Gasteiger partial charge is 0.384 e. The van der Waals surface area contributed by atoms with E-state index in [2.05, 4.69) is 23.2 Å². The van der Waals surface area contributed by atoms with Crippen molar-refractivity contribution in [3.63, 3.8) is 0 Å². The van der Waals surface area contributed by atoms with E-state index in [4.69, 9.17) is 11.6 Å². The number of rotatable bonds is 7. The van der Waals surface area contributed by atoms with Crippen molar-refractivity contribution < 1.29 is 0 Å². The summed E-state index contributed by atoms with van der Waals surface area (Å²) in [6, 6.07) is 7.93. The van der Waals surface area contributed by atoms with Gasteiger partial charge in [0.1, 0.15) is 0 Å². The molecule has 0 radical (unpaired) electrons. The van der Waals surface area contributed by atoms with Gasteiger partial charge in [0.2, 0.25) is 0 Å². The van der Waals surface area contributed by atoms with Crippen molar-refractivity contribution in [1.29, 1.82) is 0 Å². The van der Waals surface area contributed by atoms with E-state index in [0.29, 0.717) is 0 Å². The summed E-state index contributed by atoms with van der Waals surface area (Å²) in [6.07, 6.45) is 4.29. The van der Waals surface area contributed by atoms with Crippen LogP contribution in [0.3, 0.4) is 0 Å². The first kappa shape index (κ1) is 13.7. The number of likely N-dealkylation sites (N-methyl/N-ethyl adjacent to an activating group) is 1. The Kier molecular flexibility index (Phi) is 5.33. The van der Waals surface area contributed by atoms with Gasteiger partial charge in [-0.2, -0.15) is 0 Å². The van der Waals surface area contributed by atoms with Gasteiger partial charge in [-0.25, -0.2) is 0 Å². The number of hydrogen-bond donors (Lipinski definition) is 1. The highest BCUT2D eigenvalue weighted by atomic mass is 35.5. The van der Waals surface area contributed by atoms with E-state index in [1.54, 1.807) is 0 Å². The summed E-state index contributed by atoms with van der Waals surface area (Å²) in [5.41, 5.74) is 1.11. The molecule has 1 aromatic rings. The van der Waals surface area contributed by atoms with Crippen molar-refractivity contribution >= 4 is 17.3 Å². The van der Waals surface area contributed by atoms with Gasteiger partial charge in [0.05, 0.1) is 0 Å². The zero-order chi connectivity index (χ0) is 12.8. The van der Waals surface area contributed by atoms with E-state index in [0.717, 1.165) is 36.3 Å². The molecular formula is C15H23ClN2. The minimum absolute atomic E-state index is 0.793. The van der Waals surface area contributed by atoms with Crippen molar-refractivity contribution in [3.05, 3.63) is 29.3 Å². The quantitative estimate of drug-likeness (QED) is 0.806. The maximum absolute atomic E-state index is 5.96. The smallest absolute Gasteiger partial charge is 0.0426 e. The summed E-state index contributed by atoms with van der Waals surface area (Å²) in [5, 5.41) is 4.23. The Bertz CT molecular complexity index is 363. The minimum atomic E-state index is 0.793. The van der Waals surface area contributed by atoms with Gasteiger partial charge in [-0.3, -0.25) is 0 Å². The summed E-state index contributed by atoms with van der Waals surface area (Å²) in [4.78, 5) is 2.54. The monoisotopic (exact) mass is 266 g/mol. The number of nitrogens with one attached hydrogen (secondary N) is 1. The van der Waals surface area contributed by atoms with Gasteiger partial charge < -0.3 is 10.2 Å². The van der Waals surface area contributed by atoms with Gasteiger partial charge in [-0.1, -0.05) is 31.0 Å². The van der Waals surface area contributed by atoms with Crippen molar-refractivity contribution in [2.45, 2.75) is 26.2 Å². The van der Waals surface area contributed by atoms with Crippen LogP contribution in [-0.2, 0) is 0 Å². The van der Waals surface area contributed by atoms with Crippen LogP contribution in [0.5, 0.6) is 0 Å². The van der Waals surface area contributed by atoms with Crippen molar-refractivity contribution in [2.75, 3.05) is 31.5 Å². The molecule has 0 heterocycles. The number of anilines is 1. The molecule has 2 nitrogen and oxygen atoms in total. The average molecular weight is 267 g/mol. The van der Waals surface area contributed by atoms with E-state index >= 15 is 0 Å². The third-order valence-electron chi connectivity index (χ3n) is 3.77. The zero-order valence-corrected chi connectivity index (χ0v) is 11.9. The predicted molar refractivity (Wildman–Crippen MR) is 79.4 cm³/mol. The molecule has 0 amide bonds. The molecule has 0 spiro atoms. The SMILES string of the molecule is CCN(CCNc1cccc(Cl)c1)CC1CCC1. The molecule has 1 aliphatic carbocycles. The van der Waals surface area contributed by atoms with Crippen LogP contribution in [0.2, 0.25) is 5.02 Å². The van der Waals surface area contributed by atoms with Crippen molar-refractivity contribution in [3.8, 4) is 0 Å². The van der Waals surface area contributed by atoms with Crippen LogP contribution < -0.4 is 5.32 Å². The van der Waals surface area contributed by atoms with Gasteiger partial charge in [-0.15, -0.1) is 0 Å². The van der Waals surface area contributed by atoms with Crippen LogP contribution in [0.1, 0.15) is 26.2 Å². The van der Waals surface area contributed by atoms with E-state index in [-0.39, 0.29) is 0 Å². The second-order valence-corrected chi connectivity index (χ2v) is 5.56. The lowest BCUT2D eigenvalue weighted by molar-refractivity contribution is 0.189. The highest BCUT2D eigenvalue weighted by molar-refractivity contribution is 6.30. The topological polar surface area (TPSA) is 15.3 Å². The Hall–Kier alpha value is -0.730. The van der Waals surface area contributed by atoms with E-state index in [1.807, 2.05) is 18.2 Å². The summed E-state index contributed by atoms with van der Waals surface area (Å²) >= 11 is 5.96. The van der Waals surface area contributed by atoms with Crippen LogP contribution >= 0.6 is 11.6 Å². The van der Waals surface area contributed by atoms with Gasteiger partial charge in [0, 0.05) is 30.3 Å². The van der Waals surface area contributed by atoms with Crippen LogP contribution in [0, 0.1) is 5.92 Å². The molecule has 100 valence electrons. The third-order valence-corrected chi connectivity index (χ3v) is 4.01. The minimum Gasteiger partial charge on any atom is -0.384 e. The number of nitrogens with zero attached hydrogens (tertiary/aromatic N) is 1. The third kappa shape index (κ3) is 4.18. The molecule has 1 aliphatic rings. The Morgan fingerprint density at radius 3 is 2.83 bits per heavy atom. The Morgan fingerprint density at radius 2 is 2.22 bits per heavy atom. The van der Waals surface area contributed by atoms with Crippen LogP contribution in [0.25, 0.3) is 0 Å². The molecule has 0 aromatic heterocycles. The standard InChI is InChI=1S/C15H23ClN2/c1-2-18(12-13-5-3-6-13)10-9-17-15-8-4-7-14(16)11-15/h4,7-8,11,13,17H,2-3,5-6,9-10,12H2,1H3. The molecule has 18 heavy (non-hydrogen) atoms. The maximum Gasteiger partial charge on any atom is 0.0426 e. The fraction of sp³-hybridized carbons (Fsp3) is 0.600. The first-order chi connectivity index (χ1) is 8.78. The molecule has 3 heteroatoms. The van der Waals surface area contributed by atoms with Gasteiger partial charge in [-0.05, 0) is 43.5 Å². The first-order valence-corrected chi connectivity index (χ1v) is 7.37. The lowest BCUT2D eigenvalue weighted by Crippen LogP contribution is -2.35. The number of halogens is 1. The normalized spacial score (nSPS) is 15.7. The van der Waals surface area contributed by atoms with Crippen molar-refractivity contribution in [1.82, 2.24) is 4.90 Å². The summed E-state index contributed by atoms with van der Waals surface area (Å²) in [5.74, 6) is 0.955. The summed E-state index contributed by atoms with van der Waals surface area (Å²) in [7, 11) is 0. The molecule has 1 fully saturated rings. The molecule has 0 unspecified atom stereocenters. The van der Waals surface area contributed by atoms with Gasteiger partial charge >= 0.3 is 0 Å². The van der Waals surface area contributed by atoms with Gasteiger partial charge in [0.25, 0.3) is 0 Å². The zero-order valence-electron chi connectivity index (χ0n) is 11.2.